The zero-order valence-electron chi connectivity index (χ0n) is 3.76. The molecule has 0 atom stereocenters. The third-order valence-corrected chi connectivity index (χ3v) is 0.240. The lowest BCUT2D eigenvalue weighted by Gasteiger charge is -1.84. The minimum atomic E-state index is -0.526. The van der Waals surface area contributed by atoms with Crippen molar-refractivity contribution in [2.45, 2.75) is 6.92 Å². The van der Waals surface area contributed by atoms with Crippen LogP contribution in [-0.2, 0) is 9.53 Å². The molecule has 3 nitrogen and oxygen atoms in total. The molecule has 0 amide bonds. The molecule has 0 aliphatic rings. The van der Waals surface area contributed by atoms with Crippen molar-refractivity contribution in [2.24, 2.45) is 0 Å². The highest BCUT2D eigenvalue weighted by Crippen LogP contribution is 1.76. The van der Waals surface area contributed by atoms with Crippen molar-refractivity contribution in [2.75, 3.05) is 0 Å². The first kappa shape index (κ1) is 5.96. The summed E-state index contributed by atoms with van der Waals surface area (Å²) in [7, 11) is 0. The Morgan fingerprint density at radius 2 is 2.43 bits per heavy atom. The summed E-state index contributed by atoms with van der Waals surface area (Å²) in [6.45, 7) is 2.90. The predicted molar refractivity (Wildman–Crippen MR) is 20.6 cm³/mol. The van der Waals surface area contributed by atoms with Gasteiger partial charge in [0, 0.05) is 6.92 Å². The second kappa shape index (κ2) is 3.16. The van der Waals surface area contributed by atoms with Crippen LogP contribution < -0.4 is 0 Å². The van der Waals surface area contributed by atoms with E-state index in [4.69, 9.17) is 5.26 Å². The van der Waals surface area contributed by atoms with Crippen LogP contribution in [0.25, 0.3) is 0 Å². The molecule has 0 bridgehead atoms. The number of esters is 1. The summed E-state index contributed by atoms with van der Waals surface area (Å²) in [6.07, 6.45) is 0. The lowest BCUT2D eigenvalue weighted by molar-refractivity contribution is -0.136. The number of carbonyl (C=O) groups excluding carboxylic acids is 1. The molecule has 0 saturated carbocycles. The summed E-state index contributed by atoms with van der Waals surface area (Å²) in [5, 5.41) is 7.68. The van der Waals surface area contributed by atoms with Gasteiger partial charge in [-0.1, -0.05) is 0 Å². The van der Waals surface area contributed by atoms with E-state index in [1.807, 2.05) is 0 Å². The highest BCUT2D eigenvalue weighted by molar-refractivity contribution is 5.66. The van der Waals surface area contributed by atoms with E-state index < -0.39 is 5.97 Å². The Morgan fingerprint density at radius 1 is 1.86 bits per heavy atom. The summed E-state index contributed by atoms with van der Waals surface area (Å²) >= 11 is 0. The Hall–Kier alpha value is -1.04. The van der Waals surface area contributed by atoms with Crippen LogP contribution in [0.5, 0.6) is 0 Å². The van der Waals surface area contributed by atoms with Gasteiger partial charge in [0.15, 0.2) is 0 Å². The Kier molecular flexibility index (Phi) is 2.69. The zero-order chi connectivity index (χ0) is 5.70. The third kappa shape index (κ3) is 4.96. The minimum Gasteiger partial charge on any atom is -0.432 e. The number of hydrogen-bond donors (Lipinski definition) is 0. The van der Waals surface area contributed by atoms with Gasteiger partial charge in [0.05, 0.1) is 0 Å². The molecule has 0 saturated heterocycles. The topological polar surface area (TPSA) is 50.1 Å². The molecular weight excluding hydrogens is 94.0 g/mol. The summed E-state index contributed by atoms with van der Waals surface area (Å²) < 4.78 is 3.94. The van der Waals surface area contributed by atoms with Crippen molar-refractivity contribution in [3.63, 3.8) is 0 Å². The average molecular weight is 97.1 g/mol. The van der Waals surface area contributed by atoms with E-state index in [0.717, 1.165) is 0 Å². The van der Waals surface area contributed by atoms with Gasteiger partial charge in [0.2, 0.25) is 0 Å². The van der Waals surface area contributed by atoms with Crippen LogP contribution in [0.1, 0.15) is 6.92 Å². The number of carbonyl (C=O) groups is 1. The van der Waals surface area contributed by atoms with Crippen LogP contribution in [0.15, 0.2) is 0 Å². The number of hydrogen-bond acceptors (Lipinski definition) is 3. The Balaban J connectivity index is 3.02. The molecule has 3 heteroatoms. The van der Waals surface area contributed by atoms with E-state index in [2.05, 4.69) is 4.74 Å². The first-order valence-corrected chi connectivity index (χ1v) is 1.59. The van der Waals surface area contributed by atoms with Gasteiger partial charge in [0.25, 0.3) is 0 Å². The summed E-state index contributed by atoms with van der Waals surface area (Å²) in [5.41, 5.74) is 0. The van der Waals surface area contributed by atoms with Crippen molar-refractivity contribution < 1.29 is 9.53 Å². The summed E-state index contributed by atoms with van der Waals surface area (Å²) in [6, 6.07) is 1.41. The van der Waals surface area contributed by atoms with Gasteiger partial charge < -0.3 is 4.74 Å². The van der Waals surface area contributed by atoms with Crippen molar-refractivity contribution in [3.8, 4) is 6.07 Å². The molecule has 0 aliphatic heterocycles. The molecule has 0 aromatic heterocycles. The molecule has 0 aliphatic carbocycles. The Morgan fingerprint density at radius 3 is 2.57 bits per heavy atom. The summed E-state index contributed by atoms with van der Waals surface area (Å²) in [5.74, 6) is -0.526. The highest BCUT2D eigenvalue weighted by atomic mass is 16.5. The molecule has 2 radical (unpaired) electrons. The zero-order valence-corrected chi connectivity index (χ0v) is 3.76. The van der Waals surface area contributed by atoms with E-state index >= 15 is 0 Å². The first-order chi connectivity index (χ1) is 3.27. The normalized spacial score (nSPS) is 6.86. The van der Waals surface area contributed by atoms with E-state index in [1.54, 1.807) is 6.61 Å². The molecule has 0 spiro atoms. The number of nitrogens with zero attached hydrogens (tertiary/aromatic N) is 1. The first-order valence-electron chi connectivity index (χ1n) is 1.59. The maximum Gasteiger partial charge on any atom is 0.312 e. The number of ether oxygens (including phenoxy) is 1. The van der Waals surface area contributed by atoms with Gasteiger partial charge in [-0.05, 0) is 0 Å². The predicted octanol–water partition coefficient (Wildman–Crippen LogP) is 0.112. The lowest BCUT2D eigenvalue weighted by Crippen LogP contribution is -1.92. The molecule has 0 aromatic rings. The minimum absolute atomic E-state index is 0.526. The molecule has 0 unspecified atom stereocenters. The summed E-state index contributed by atoms with van der Waals surface area (Å²) in [4.78, 5) is 9.77. The number of nitriles is 1. The Labute approximate surface area is 41.5 Å². The van der Waals surface area contributed by atoms with E-state index in [0.29, 0.717) is 0 Å². The molecular formula is C4H3NO2. The molecule has 0 N–H and O–H groups in total. The number of rotatable bonds is 1. The lowest BCUT2D eigenvalue weighted by atomic mass is 10.8. The van der Waals surface area contributed by atoms with Gasteiger partial charge in [-0.3, -0.25) is 4.79 Å². The van der Waals surface area contributed by atoms with Crippen molar-refractivity contribution in [1.29, 1.82) is 5.26 Å². The third-order valence-electron chi connectivity index (χ3n) is 0.240. The van der Waals surface area contributed by atoms with Crippen molar-refractivity contribution in [3.05, 3.63) is 6.61 Å². The van der Waals surface area contributed by atoms with Crippen LogP contribution in [0.2, 0.25) is 0 Å². The van der Waals surface area contributed by atoms with Crippen molar-refractivity contribution >= 4 is 5.97 Å². The van der Waals surface area contributed by atoms with Gasteiger partial charge in [-0.25, -0.2) is 0 Å². The standard InChI is InChI=1S/C4H3NO2/c1-4(6)7-3-2-5/h1H3. The maximum atomic E-state index is 9.77. The van der Waals surface area contributed by atoms with Gasteiger partial charge >= 0.3 is 12.6 Å². The van der Waals surface area contributed by atoms with Crippen LogP contribution >= 0.6 is 0 Å². The second-order valence-electron chi connectivity index (χ2n) is 0.808. The largest absolute Gasteiger partial charge is 0.432 e. The quantitative estimate of drug-likeness (QED) is 0.436. The smallest absolute Gasteiger partial charge is 0.312 e. The Bertz CT molecular complexity index is 103. The van der Waals surface area contributed by atoms with Gasteiger partial charge in [0.1, 0.15) is 6.07 Å². The fraction of sp³-hybridized carbons (Fsp3) is 0.250. The molecule has 0 heterocycles. The van der Waals surface area contributed by atoms with Crippen LogP contribution in [0.3, 0.4) is 0 Å². The van der Waals surface area contributed by atoms with E-state index in [1.165, 1.54) is 13.0 Å². The fourth-order valence-corrected chi connectivity index (χ4v) is 0.0947. The van der Waals surface area contributed by atoms with E-state index in [9.17, 15) is 4.79 Å². The molecule has 0 rings (SSSR count). The average Bonchev–Trinajstić information content (AvgIpc) is 1.61. The molecule has 7 heavy (non-hydrogen) atoms. The maximum absolute atomic E-state index is 9.77. The second-order valence-corrected chi connectivity index (χ2v) is 0.808. The van der Waals surface area contributed by atoms with Crippen LogP contribution in [0.4, 0.5) is 0 Å². The van der Waals surface area contributed by atoms with E-state index in [-0.39, 0.29) is 0 Å². The molecule has 0 aromatic carbocycles. The molecule has 36 valence electrons. The van der Waals surface area contributed by atoms with Crippen LogP contribution in [-0.4, -0.2) is 5.97 Å². The van der Waals surface area contributed by atoms with Gasteiger partial charge in [-0.15, -0.1) is 0 Å². The molecule has 0 fully saturated rings. The van der Waals surface area contributed by atoms with Crippen LogP contribution in [0, 0.1) is 17.9 Å². The van der Waals surface area contributed by atoms with Gasteiger partial charge in [-0.2, -0.15) is 5.26 Å². The highest BCUT2D eigenvalue weighted by Gasteiger charge is 1.88. The SMILES string of the molecule is CC(=O)O[C]C#N. The monoisotopic (exact) mass is 97.0 g/mol. The fourth-order valence-electron chi connectivity index (χ4n) is 0.0947. The van der Waals surface area contributed by atoms with Crippen molar-refractivity contribution in [1.82, 2.24) is 0 Å².